The molecule has 0 unspecified atom stereocenters. The minimum absolute atomic E-state index is 0.266. The van der Waals surface area contributed by atoms with Gasteiger partial charge in [0.2, 0.25) is 0 Å². The molecule has 24 heavy (non-hydrogen) atoms. The first kappa shape index (κ1) is 17.3. The number of hydrogen-bond acceptors (Lipinski definition) is 4. The lowest BCUT2D eigenvalue weighted by Crippen LogP contribution is -2.38. The van der Waals surface area contributed by atoms with Crippen LogP contribution in [0.5, 0.6) is 0 Å². The molecule has 0 spiro atoms. The lowest BCUT2D eigenvalue weighted by atomic mass is 10.0. The van der Waals surface area contributed by atoms with Crippen LogP contribution in [0.25, 0.3) is 0 Å². The van der Waals surface area contributed by atoms with Gasteiger partial charge in [-0.3, -0.25) is 4.90 Å². The first-order chi connectivity index (χ1) is 11.7. The molecule has 2 saturated heterocycles. The molecule has 2 heterocycles. The zero-order chi connectivity index (χ0) is 16.8. The van der Waals surface area contributed by atoms with E-state index in [-0.39, 0.29) is 18.0 Å². The summed E-state index contributed by atoms with van der Waals surface area (Å²) in [5, 5.41) is 9.15. The molecule has 3 rings (SSSR count). The van der Waals surface area contributed by atoms with Gasteiger partial charge >= 0.3 is 0 Å². The molecule has 0 saturated carbocycles. The third-order valence-electron chi connectivity index (χ3n) is 4.91. The molecular weight excluding hydrogens is 307 g/mol. The fraction of sp³-hybridized carbons (Fsp3) is 0.632. The van der Waals surface area contributed by atoms with Gasteiger partial charge in [0.05, 0.1) is 30.4 Å². The van der Waals surface area contributed by atoms with E-state index in [1.165, 1.54) is 25.0 Å². The summed E-state index contributed by atoms with van der Waals surface area (Å²) >= 11 is 0. The van der Waals surface area contributed by atoms with Crippen molar-refractivity contribution in [3.8, 4) is 6.07 Å². The molecule has 1 aromatic rings. The van der Waals surface area contributed by atoms with Gasteiger partial charge in [0.25, 0.3) is 0 Å². The normalized spacial score (nSPS) is 23.1. The first-order valence-electron chi connectivity index (χ1n) is 8.88. The molecule has 1 atom stereocenters. The van der Waals surface area contributed by atoms with Gasteiger partial charge in [0, 0.05) is 26.2 Å². The summed E-state index contributed by atoms with van der Waals surface area (Å²) in [7, 11) is 0. The van der Waals surface area contributed by atoms with Gasteiger partial charge in [-0.05, 0) is 55.9 Å². The van der Waals surface area contributed by atoms with Crippen LogP contribution in [0.2, 0.25) is 0 Å². The van der Waals surface area contributed by atoms with Crippen LogP contribution in [-0.4, -0.2) is 43.4 Å². The highest BCUT2D eigenvalue weighted by molar-refractivity contribution is 5.37. The molecule has 2 fully saturated rings. The topological polar surface area (TPSA) is 45.5 Å². The van der Waals surface area contributed by atoms with E-state index in [4.69, 9.17) is 14.7 Å². The highest BCUT2D eigenvalue weighted by Crippen LogP contribution is 2.20. The van der Waals surface area contributed by atoms with Crippen molar-refractivity contribution in [2.24, 2.45) is 0 Å². The SMILES string of the molecule is N#Cc1ccc(F)cc1CN1CCC(OC[C@@H]2CCCCO2)CC1. The molecule has 130 valence electrons. The fourth-order valence-corrected chi connectivity index (χ4v) is 3.46. The maximum absolute atomic E-state index is 13.4. The summed E-state index contributed by atoms with van der Waals surface area (Å²) in [4.78, 5) is 2.27. The highest BCUT2D eigenvalue weighted by atomic mass is 19.1. The molecule has 5 heteroatoms. The molecule has 4 nitrogen and oxygen atoms in total. The van der Waals surface area contributed by atoms with Gasteiger partial charge in [0.15, 0.2) is 0 Å². The maximum Gasteiger partial charge on any atom is 0.123 e. The van der Waals surface area contributed by atoms with Crippen molar-refractivity contribution < 1.29 is 13.9 Å². The second kappa shape index (κ2) is 8.57. The molecule has 0 N–H and O–H groups in total. The van der Waals surface area contributed by atoms with Crippen molar-refractivity contribution in [2.45, 2.75) is 50.9 Å². The Labute approximate surface area is 143 Å². The van der Waals surface area contributed by atoms with Crippen LogP contribution >= 0.6 is 0 Å². The van der Waals surface area contributed by atoms with Gasteiger partial charge in [0.1, 0.15) is 5.82 Å². The van der Waals surface area contributed by atoms with E-state index in [2.05, 4.69) is 11.0 Å². The zero-order valence-electron chi connectivity index (χ0n) is 14.0. The summed E-state index contributed by atoms with van der Waals surface area (Å²) in [5.41, 5.74) is 1.33. The number of halogens is 1. The van der Waals surface area contributed by atoms with E-state index in [1.807, 2.05) is 0 Å². The van der Waals surface area contributed by atoms with Gasteiger partial charge in [-0.1, -0.05) is 0 Å². The van der Waals surface area contributed by atoms with E-state index < -0.39 is 0 Å². The Hall–Kier alpha value is -1.48. The van der Waals surface area contributed by atoms with Crippen molar-refractivity contribution in [1.29, 1.82) is 5.26 Å². The van der Waals surface area contributed by atoms with Crippen molar-refractivity contribution >= 4 is 0 Å². The number of piperidine rings is 1. The monoisotopic (exact) mass is 332 g/mol. The molecule has 0 aliphatic carbocycles. The standard InChI is InChI=1S/C19H25FN2O2/c20-17-5-4-15(12-21)16(11-17)13-22-8-6-18(7-9-22)24-14-19-3-1-2-10-23-19/h4-5,11,18-19H,1-3,6-10,13-14H2/t19-/m0/s1. The quantitative estimate of drug-likeness (QED) is 0.830. The lowest BCUT2D eigenvalue weighted by Gasteiger charge is -2.33. The molecule has 2 aliphatic rings. The lowest BCUT2D eigenvalue weighted by molar-refractivity contribution is -0.0753. The summed E-state index contributed by atoms with van der Waals surface area (Å²) in [6, 6.07) is 6.52. The number of hydrogen-bond donors (Lipinski definition) is 0. The van der Waals surface area contributed by atoms with Crippen LogP contribution in [0.4, 0.5) is 4.39 Å². The summed E-state index contributed by atoms with van der Waals surface area (Å²) in [6.07, 6.45) is 6.02. The third kappa shape index (κ3) is 4.76. The minimum Gasteiger partial charge on any atom is -0.376 e. The van der Waals surface area contributed by atoms with E-state index in [0.29, 0.717) is 18.7 Å². The van der Waals surface area contributed by atoms with Crippen LogP contribution in [0.3, 0.4) is 0 Å². The number of rotatable bonds is 5. The largest absolute Gasteiger partial charge is 0.376 e. The smallest absolute Gasteiger partial charge is 0.123 e. The number of benzene rings is 1. The molecule has 2 aliphatic heterocycles. The van der Waals surface area contributed by atoms with Gasteiger partial charge in [-0.15, -0.1) is 0 Å². The summed E-state index contributed by atoms with van der Waals surface area (Å²) in [6.45, 7) is 4.02. The van der Waals surface area contributed by atoms with E-state index >= 15 is 0 Å². The predicted molar refractivity (Wildman–Crippen MR) is 89.0 cm³/mol. The van der Waals surface area contributed by atoms with Crippen molar-refractivity contribution in [3.63, 3.8) is 0 Å². The summed E-state index contributed by atoms with van der Waals surface area (Å²) < 4.78 is 25.1. The van der Waals surface area contributed by atoms with Crippen LogP contribution < -0.4 is 0 Å². The van der Waals surface area contributed by atoms with Crippen molar-refractivity contribution in [3.05, 3.63) is 35.1 Å². The van der Waals surface area contributed by atoms with Crippen LogP contribution in [-0.2, 0) is 16.0 Å². The summed E-state index contributed by atoms with van der Waals surface area (Å²) in [5.74, 6) is -0.283. The van der Waals surface area contributed by atoms with E-state index in [1.54, 1.807) is 6.07 Å². The molecule has 0 bridgehead atoms. The second-order valence-corrected chi connectivity index (χ2v) is 6.71. The van der Waals surface area contributed by atoms with E-state index in [0.717, 1.165) is 44.5 Å². The van der Waals surface area contributed by atoms with Gasteiger partial charge in [-0.2, -0.15) is 5.26 Å². The first-order valence-corrected chi connectivity index (χ1v) is 8.88. The molecule has 1 aromatic carbocycles. The van der Waals surface area contributed by atoms with Gasteiger partial charge < -0.3 is 9.47 Å². The number of ether oxygens (including phenoxy) is 2. The minimum atomic E-state index is -0.283. The van der Waals surface area contributed by atoms with Crippen molar-refractivity contribution in [1.82, 2.24) is 4.90 Å². The maximum atomic E-state index is 13.4. The van der Waals surface area contributed by atoms with E-state index in [9.17, 15) is 4.39 Å². The van der Waals surface area contributed by atoms with Crippen LogP contribution in [0, 0.1) is 17.1 Å². The van der Waals surface area contributed by atoms with Gasteiger partial charge in [-0.25, -0.2) is 4.39 Å². The highest BCUT2D eigenvalue weighted by Gasteiger charge is 2.22. The van der Waals surface area contributed by atoms with Crippen LogP contribution in [0.1, 0.15) is 43.2 Å². The average Bonchev–Trinajstić information content (AvgIpc) is 2.62. The van der Waals surface area contributed by atoms with Crippen molar-refractivity contribution in [2.75, 3.05) is 26.3 Å². The Bertz CT molecular complexity index is 573. The molecule has 0 amide bonds. The Morgan fingerprint density at radius 1 is 1.25 bits per heavy atom. The molecular formula is C19H25FN2O2. The predicted octanol–water partition coefficient (Wildman–Crippen LogP) is 3.25. The average molecular weight is 332 g/mol. The zero-order valence-corrected chi connectivity index (χ0v) is 14.0. The molecule has 0 radical (unpaired) electrons. The Kier molecular flexibility index (Phi) is 6.19. The Morgan fingerprint density at radius 2 is 2.08 bits per heavy atom. The fourth-order valence-electron chi connectivity index (χ4n) is 3.46. The Balaban J connectivity index is 1.43. The van der Waals surface area contributed by atoms with Crippen LogP contribution in [0.15, 0.2) is 18.2 Å². The number of nitrogens with zero attached hydrogens (tertiary/aromatic N) is 2. The Morgan fingerprint density at radius 3 is 2.79 bits per heavy atom. The second-order valence-electron chi connectivity index (χ2n) is 6.71. The number of likely N-dealkylation sites (tertiary alicyclic amines) is 1. The third-order valence-corrected chi connectivity index (χ3v) is 4.91. The number of nitriles is 1. The molecule has 0 aromatic heterocycles.